The average molecular weight is 309 g/mol. The first-order valence-corrected chi connectivity index (χ1v) is 8.78. The second-order valence-corrected chi connectivity index (χ2v) is 8.52. The third-order valence-electron chi connectivity index (χ3n) is 3.70. The maximum absolute atomic E-state index is 12.6. The van der Waals surface area contributed by atoms with E-state index < -0.39 is 0 Å². The lowest BCUT2D eigenvalue weighted by molar-refractivity contribution is -0.132. The van der Waals surface area contributed by atoms with Crippen molar-refractivity contribution in [3.8, 4) is 0 Å². The maximum Gasteiger partial charge on any atom is 0.224 e. The van der Waals surface area contributed by atoms with Crippen LogP contribution in [-0.2, 0) is 4.79 Å². The molecule has 4 heteroatoms. The molecule has 0 aliphatic carbocycles. The van der Waals surface area contributed by atoms with E-state index in [9.17, 15) is 4.79 Å². The summed E-state index contributed by atoms with van der Waals surface area (Å²) in [6.45, 7) is 11.6. The summed E-state index contributed by atoms with van der Waals surface area (Å²) in [5, 5.41) is 0.0630. The van der Waals surface area contributed by atoms with E-state index in [0.29, 0.717) is 12.3 Å². The van der Waals surface area contributed by atoms with Crippen LogP contribution >= 0.6 is 11.8 Å². The predicted molar refractivity (Wildman–Crippen MR) is 88.2 cm³/mol. The van der Waals surface area contributed by atoms with Gasteiger partial charge in [-0.2, -0.15) is 0 Å². The Hall–Kier alpha value is -0.900. The molecule has 0 bridgehead atoms. The zero-order valence-corrected chi connectivity index (χ0v) is 14.6. The number of aryl methyl sites for hydroxylation is 1. The van der Waals surface area contributed by atoms with Gasteiger partial charge in [0.1, 0.15) is 16.9 Å². The summed E-state index contributed by atoms with van der Waals surface area (Å²) in [6.07, 6.45) is 1.71. The Labute approximate surface area is 132 Å². The highest BCUT2D eigenvalue weighted by atomic mass is 32.2. The molecular formula is C17H27NO2S. The number of hydrogen-bond acceptors (Lipinski definition) is 3. The molecule has 0 aromatic carbocycles. The van der Waals surface area contributed by atoms with Gasteiger partial charge in [-0.3, -0.25) is 4.79 Å². The van der Waals surface area contributed by atoms with Crippen LogP contribution in [0.4, 0.5) is 0 Å². The van der Waals surface area contributed by atoms with Crippen molar-refractivity contribution in [1.82, 2.24) is 4.90 Å². The fourth-order valence-electron chi connectivity index (χ4n) is 3.08. The Morgan fingerprint density at radius 2 is 2.19 bits per heavy atom. The molecule has 2 unspecified atom stereocenters. The molecule has 2 heterocycles. The number of carbonyl (C=O) groups is 1. The Balaban J connectivity index is 1.98. The summed E-state index contributed by atoms with van der Waals surface area (Å²) in [5.74, 6) is 3.49. The van der Waals surface area contributed by atoms with Crippen molar-refractivity contribution in [1.29, 1.82) is 0 Å². The van der Waals surface area contributed by atoms with Crippen LogP contribution in [0.25, 0.3) is 0 Å². The Morgan fingerprint density at radius 3 is 2.76 bits per heavy atom. The van der Waals surface area contributed by atoms with Crippen LogP contribution < -0.4 is 0 Å². The molecule has 1 fully saturated rings. The van der Waals surface area contributed by atoms with Gasteiger partial charge < -0.3 is 9.32 Å². The lowest BCUT2D eigenvalue weighted by atomic mass is 9.84. The van der Waals surface area contributed by atoms with Crippen LogP contribution in [0.2, 0.25) is 0 Å². The number of carbonyl (C=O) groups excluding carboxylic acids is 1. The number of nitrogens with zero attached hydrogens (tertiary/aromatic N) is 1. The lowest BCUT2D eigenvalue weighted by Crippen LogP contribution is -2.31. The van der Waals surface area contributed by atoms with E-state index in [1.54, 1.807) is 11.8 Å². The minimum atomic E-state index is 0.0630. The van der Waals surface area contributed by atoms with E-state index in [1.165, 1.54) is 0 Å². The molecule has 0 saturated carbocycles. The topological polar surface area (TPSA) is 33.5 Å². The van der Waals surface area contributed by atoms with E-state index in [-0.39, 0.29) is 16.7 Å². The second-order valence-electron chi connectivity index (χ2n) is 7.33. The van der Waals surface area contributed by atoms with Gasteiger partial charge in [0.25, 0.3) is 0 Å². The van der Waals surface area contributed by atoms with E-state index in [0.717, 1.165) is 30.2 Å². The van der Waals surface area contributed by atoms with E-state index in [4.69, 9.17) is 4.42 Å². The summed E-state index contributed by atoms with van der Waals surface area (Å²) in [6, 6.07) is 3.97. The van der Waals surface area contributed by atoms with Crippen molar-refractivity contribution in [2.45, 2.75) is 52.8 Å². The second kappa shape index (κ2) is 6.47. The molecule has 2 atom stereocenters. The first-order chi connectivity index (χ1) is 9.76. The zero-order valence-electron chi connectivity index (χ0n) is 13.8. The zero-order chi connectivity index (χ0) is 15.6. The number of furan rings is 1. The molecule has 1 saturated heterocycles. The van der Waals surface area contributed by atoms with E-state index in [2.05, 4.69) is 27.7 Å². The molecule has 3 nitrogen and oxygen atoms in total. The van der Waals surface area contributed by atoms with Gasteiger partial charge in [-0.25, -0.2) is 0 Å². The van der Waals surface area contributed by atoms with Gasteiger partial charge in [-0.15, -0.1) is 11.8 Å². The molecule has 1 aromatic rings. The molecule has 118 valence electrons. The minimum Gasteiger partial charge on any atom is -0.463 e. The summed E-state index contributed by atoms with van der Waals surface area (Å²) in [7, 11) is 0. The van der Waals surface area contributed by atoms with Crippen LogP contribution in [0.15, 0.2) is 16.5 Å². The predicted octanol–water partition coefficient (Wildman–Crippen LogP) is 4.62. The summed E-state index contributed by atoms with van der Waals surface area (Å²) >= 11 is 1.80. The normalized spacial score (nSPS) is 20.8. The largest absolute Gasteiger partial charge is 0.463 e. The van der Waals surface area contributed by atoms with Crippen molar-refractivity contribution in [3.63, 3.8) is 0 Å². The van der Waals surface area contributed by atoms with Gasteiger partial charge in [-0.1, -0.05) is 27.7 Å². The fraction of sp³-hybridized carbons (Fsp3) is 0.706. The molecule has 2 rings (SSSR count). The van der Waals surface area contributed by atoms with Crippen LogP contribution in [0.5, 0.6) is 0 Å². The maximum atomic E-state index is 12.6. The molecule has 1 aromatic heterocycles. The summed E-state index contributed by atoms with van der Waals surface area (Å²) in [5.41, 5.74) is 0.275. The molecule has 0 radical (unpaired) electrons. The van der Waals surface area contributed by atoms with Gasteiger partial charge in [0.05, 0.1) is 0 Å². The third-order valence-corrected chi connectivity index (χ3v) is 4.92. The molecule has 1 aliphatic rings. The molecule has 1 amide bonds. The molecule has 0 spiro atoms. The van der Waals surface area contributed by atoms with Crippen molar-refractivity contribution in [3.05, 3.63) is 23.7 Å². The van der Waals surface area contributed by atoms with Crippen molar-refractivity contribution < 1.29 is 9.21 Å². The quantitative estimate of drug-likeness (QED) is 0.813. The molecule has 1 aliphatic heterocycles. The lowest BCUT2D eigenvalue weighted by Gasteiger charge is -2.26. The van der Waals surface area contributed by atoms with Gasteiger partial charge in [0.2, 0.25) is 5.91 Å². The first-order valence-electron chi connectivity index (χ1n) is 7.74. The number of rotatable bonds is 4. The first kappa shape index (κ1) is 16.5. The summed E-state index contributed by atoms with van der Waals surface area (Å²) in [4.78, 5) is 14.6. The summed E-state index contributed by atoms with van der Waals surface area (Å²) < 4.78 is 5.72. The van der Waals surface area contributed by atoms with Crippen molar-refractivity contribution in [2.24, 2.45) is 11.3 Å². The smallest absolute Gasteiger partial charge is 0.224 e. The van der Waals surface area contributed by atoms with Gasteiger partial charge in [0.15, 0.2) is 0 Å². The number of thioether (sulfide) groups is 1. The van der Waals surface area contributed by atoms with Crippen molar-refractivity contribution >= 4 is 17.7 Å². The highest BCUT2D eigenvalue weighted by Crippen LogP contribution is 2.39. The van der Waals surface area contributed by atoms with Gasteiger partial charge >= 0.3 is 0 Å². The minimum absolute atomic E-state index is 0.0630. The van der Waals surface area contributed by atoms with Gasteiger partial charge in [-0.05, 0) is 36.8 Å². The average Bonchev–Trinajstić information content (AvgIpc) is 2.93. The molecular weight excluding hydrogens is 282 g/mol. The van der Waals surface area contributed by atoms with Crippen LogP contribution in [0, 0.1) is 18.3 Å². The Kier molecular flexibility index (Phi) is 5.07. The SMILES string of the molecule is Cc1ccc(C2SCCN2C(=O)CC(C)CC(C)(C)C)o1. The van der Waals surface area contributed by atoms with Crippen LogP contribution in [-0.4, -0.2) is 23.1 Å². The monoisotopic (exact) mass is 309 g/mol. The van der Waals surface area contributed by atoms with Crippen molar-refractivity contribution in [2.75, 3.05) is 12.3 Å². The highest BCUT2D eigenvalue weighted by molar-refractivity contribution is 7.99. The number of amides is 1. The third kappa shape index (κ3) is 4.53. The standard InChI is InChI=1S/C17H27NO2S/c1-12(11-17(3,4)5)10-15(19)18-8-9-21-16(18)14-7-6-13(2)20-14/h6-7,12,16H,8-11H2,1-5H3. The van der Waals surface area contributed by atoms with Crippen LogP contribution in [0.3, 0.4) is 0 Å². The Bertz CT molecular complexity index is 489. The fourth-order valence-corrected chi connectivity index (χ4v) is 4.30. The molecule has 21 heavy (non-hydrogen) atoms. The molecule has 0 N–H and O–H groups in total. The Morgan fingerprint density at radius 1 is 1.48 bits per heavy atom. The van der Waals surface area contributed by atoms with E-state index >= 15 is 0 Å². The van der Waals surface area contributed by atoms with Gasteiger partial charge in [0, 0.05) is 18.7 Å². The highest BCUT2D eigenvalue weighted by Gasteiger charge is 2.33. The number of hydrogen-bond donors (Lipinski definition) is 0. The van der Waals surface area contributed by atoms with Crippen LogP contribution in [0.1, 0.15) is 57.4 Å². The van der Waals surface area contributed by atoms with E-state index in [1.807, 2.05) is 24.0 Å².